The highest BCUT2D eigenvalue weighted by Gasteiger charge is 2.30. The molecule has 5 nitrogen and oxygen atoms in total. The highest BCUT2D eigenvalue weighted by atomic mass is 16.5. The lowest BCUT2D eigenvalue weighted by Gasteiger charge is -2.22. The summed E-state index contributed by atoms with van der Waals surface area (Å²) < 4.78 is 5.53. The van der Waals surface area contributed by atoms with Gasteiger partial charge in [0, 0.05) is 11.5 Å². The summed E-state index contributed by atoms with van der Waals surface area (Å²) in [6.45, 7) is 6.25. The van der Waals surface area contributed by atoms with Crippen molar-refractivity contribution in [3.8, 4) is 11.4 Å². The van der Waals surface area contributed by atoms with Gasteiger partial charge in [0.25, 0.3) is 0 Å². The molecule has 0 radical (unpaired) electrons. The Labute approximate surface area is 149 Å². The van der Waals surface area contributed by atoms with E-state index in [1.54, 1.807) is 0 Å². The minimum atomic E-state index is -0.232. The largest absolute Gasteiger partial charge is 0.344 e. The molecule has 25 heavy (non-hydrogen) atoms. The Kier molecular flexibility index (Phi) is 5.51. The Morgan fingerprint density at radius 2 is 2.12 bits per heavy atom. The molecule has 1 saturated carbocycles. The summed E-state index contributed by atoms with van der Waals surface area (Å²) in [4.78, 5) is 17.1. The molecule has 1 aromatic heterocycles. The number of nitrogens with zero attached hydrogens (tertiary/aromatic N) is 2. The third-order valence-corrected chi connectivity index (χ3v) is 5.22. The van der Waals surface area contributed by atoms with Gasteiger partial charge in [0.1, 0.15) is 6.04 Å². The zero-order valence-electron chi connectivity index (χ0n) is 15.3. The third-order valence-electron chi connectivity index (χ3n) is 5.22. The van der Waals surface area contributed by atoms with Gasteiger partial charge in [-0.3, -0.25) is 4.79 Å². The molecule has 1 heterocycles. The van der Waals surface area contributed by atoms with Crippen LogP contribution < -0.4 is 5.32 Å². The van der Waals surface area contributed by atoms with Gasteiger partial charge in [-0.15, -0.1) is 0 Å². The Bertz CT molecular complexity index is 719. The highest BCUT2D eigenvalue weighted by molar-refractivity contribution is 5.79. The van der Waals surface area contributed by atoms with Gasteiger partial charge in [0.2, 0.25) is 17.6 Å². The van der Waals surface area contributed by atoms with Gasteiger partial charge in [0.05, 0.1) is 0 Å². The number of hydrogen-bond acceptors (Lipinski definition) is 4. The summed E-state index contributed by atoms with van der Waals surface area (Å²) in [6, 6.07) is 7.79. The average Bonchev–Trinajstić information content (AvgIpc) is 3.30. The number of carbonyl (C=O) groups is 1. The maximum absolute atomic E-state index is 12.6. The second-order valence-corrected chi connectivity index (χ2v) is 7.18. The minimum Gasteiger partial charge on any atom is -0.344 e. The van der Waals surface area contributed by atoms with Crippen molar-refractivity contribution in [3.63, 3.8) is 0 Å². The third kappa shape index (κ3) is 4.09. The van der Waals surface area contributed by atoms with Crippen molar-refractivity contribution in [2.75, 3.05) is 0 Å². The Morgan fingerprint density at radius 3 is 2.80 bits per heavy atom. The van der Waals surface area contributed by atoms with Crippen LogP contribution in [0.2, 0.25) is 0 Å². The van der Waals surface area contributed by atoms with Crippen molar-refractivity contribution in [1.29, 1.82) is 0 Å². The number of amides is 1. The summed E-state index contributed by atoms with van der Waals surface area (Å²) >= 11 is 0. The van der Waals surface area contributed by atoms with Crippen LogP contribution in [0.5, 0.6) is 0 Å². The first-order valence-electron chi connectivity index (χ1n) is 9.29. The molecule has 2 atom stereocenters. The van der Waals surface area contributed by atoms with Crippen LogP contribution in [0.15, 0.2) is 28.8 Å². The number of hydrogen-bond donors (Lipinski definition) is 1. The fourth-order valence-electron chi connectivity index (χ4n) is 3.41. The first kappa shape index (κ1) is 17.6. The molecule has 1 aromatic carbocycles. The van der Waals surface area contributed by atoms with E-state index >= 15 is 0 Å². The molecule has 0 unspecified atom stereocenters. The topological polar surface area (TPSA) is 68.0 Å². The van der Waals surface area contributed by atoms with E-state index in [2.05, 4.69) is 29.3 Å². The number of aryl methyl sites for hydroxylation is 1. The molecule has 0 saturated heterocycles. The second-order valence-electron chi connectivity index (χ2n) is 7.18. The lowest BCUT2D eigenvalue weighted by atomic mass is 9.97. The number of benzene rings is 1. The maximum Gasteiger partial charge on any atom is 0.249 e. The quantitative estimate of drug-likeness (QED) is 0.843. The summed E-state index contributed by atoms with van der Waals surface area (Å²) in [5, 5.41) is 7.30. The Balaban J connectivity index is 1.80. The molecule has 0 bridgehead atoms. The van der Waals surface area contributed by atoms with Crippen LogP contribution in [0.3, 0.4) is 0 Å². The SMILES string of the molecule is CC[C@@H](C)[C@H](NC(=O)C1CCCC1)c1nc(-c2cccc(C)c2)no1. The molecule has 1 aliphatic carbocycles. The van der Waals surface area contributed by atoms with Crippen molar-refractivity contribution in [2.45, 2.75) is 58.9 Å². The van der Waals surface area contributed by atoms with E-state index < -0.39 is 0 Å². The van der Waals surface area contributed by atoms with Crippen LogP contribution in [0.25, 0.3) is 11.4 Å². The monoisotopic (exact) mass is 341 g/mol. The summed E-state index contributed by atoms with van der Waals surface area (Å²) in [5.74, 6) is 1.55. The lowest BCUT2D eigenvalue weighted by molar-refractivity contribution is -0.126. The Hall–Kier alpha value is -2.17. The summed E-state index contributed by atoms with van der Waals surface area (Å²) in [7, 11) is 0. The van der Waals surface area contributed by atoms with Crippen molar-refractivity contribution >= 4 is 5.91 Å². The second kappa shape index (κ2) is 7.81. The molecule has 0 aliphatic heterocycles. The first-order chi connectivity index (χ1) is 12.1. The molecular weight excluding hydrogens is 314 g/mol. The lowest BCUT2D eigenvalue weighted by Crippen LogP contribution is -2.36. The zero-order valence-corrected chi connectivity index (χ0v) is 15.3. The van der Waals surface area contributed by atoms with Gasteiger partial charge in [-0.25, -0.2) is 0 Å². The number of aromatic nitrogens is 2. The predicted octanol–water partition coefficient (Wildman–Crippen LogP) is 4.44. The molecule has 1 amide bonds. The van der Waals surface area contributed by atoms with Gasteiger partial charge < -0.3 is 9.84 Å². The van der Waals surface area contributed by atoms with Crippen molar-refractivity contribution < 1.29 is 9.32 Å². The fourth-order valence-corrected chi connectivity index (χ4v) is 3.41. The maximum atomic E-state index is 12.6. The van der Waals surface area contributed by atoms with Gasteiger partial charge in [-0.05, 0) is 31.7 Å². The van der Waals surface area contributed by atoms with E-state index in [4.69, 9.17) is 4.52 Å². The smallest absolute Gasteiger partial charge is 0.249 e. The predicted molar refractivity (Wildman–Crippen MR) is 96.8 cm³/mol. The number of carbonyl (C=O) groups excluding carboxylic acids is 1. The van der Waals surface area contributed by atoms with Gasteiger partial charge in [0.15, 0.2) is 0 Å². The van der Waals surface area contributed by atoms with E-state index in [9.17, 15) is 4.79 Å². The van der Waals surface area contributed by atoms with Crippen LogP contribution in [0.1, 0.15) is 63.4 Å². The normalized spacial score (nSPS) is 17.4. The van der Waals surface area contributed by atoms with Crippen LogP contribution in [0, 0.1) is 18.8 Å². The molecule has 1 N–H and O–H groups in total. The molecule has 3 rings (SSSR count). The van der Waals surface area contributed by atoms with Gasteiger partial charge in [-0.2, -0.15) is 4.98 Å². The molecule has 5 heteroatoms. The van der Waals surface area contributed by atoms with E-state index in [1.165, 1.54) is 0 Å². The molecule has 2 aromatic rings. The van der Waals surface area contributed by atoms with Gasteiger partial charge in [-0.1, -0.05) is 62.0 Å². The summed E-state index contributed by atoms with van der Waals surface area (Å²) in [6.07, 6.45) is 5.18. The van der Waals surface area contributed by atoms with Gasteiger partial charge >= 0.3 is 0 Å². The standard InChI is InChI=1S/C20H27N3O2/c1-4-14(3)17(21-19(24)15-9-5-6-10-15)20-22-18(23-25-20)16-11-7-8-13(2)12-16/h7-8,11-12,14-15,17H,4-6,9-10H2,1-3H3,(H,21,24)/t14-,17+/m1/s1. The molecular formula is C20H27N3O2. The fraction of sp³-hybridized carbons (Fsp3) is 0.550. The van der Waals surface area contributed by atoms with Crippen molar-refractivity contribution in [3.05, 3.63) is 35.7 Å². The molecule has 1 aliphatic rings. The van der Waals surface area contributed by atoms with Crippen molar-refractivity contribution in [2.24, 2.45) is 11.8 Å². The Morgan fingerprint density at radius 1 is 1.36 bits per heavy atom. The van der Waals surface area contributed by atoms with E-state index in [0.29, 0.717) is 11.7 Å². The van der Waals surface area contributed by atoms with E-state index in [1.807, 2.05) is 31.2 Å². The molecule has 0 spiro atoms. The highest BCUT2D eigenvalue weighted by Crippen LogP contribution is 2.29. The van der Waals surface area contributed by atoms with Crippen LogP contribution in [0.4, 0.5) is 0 Å². The van der Waals surface area contributed by atoms with Crippen molar-refractivity contribution in [1.82, 2.24) is 15.5 Å². The first-order valence-corrected chi connectivity index (χ1v) is 9.29. The van der Waals surface area contributed by atoms with Crippen LogP contribution in [-0.4, -0.2) is 16.0 Å². The minimum absolute atomic E-state index is 0.123. The van der Waals surface area contributed by atoms with E-state index in [0.717, 1.165) is 43.2 Å². The number of rotatable bonds is 6. The average molecular weight is 341 g/mol. The van der Waals surface area contributed by atoms with E-state index in [-0.39, 0.29) is 23.8 Å². The summed E-state index contributed by atoms with van der Waals surface area (Å²) in [5.41, 5.74) is 2.08. The van der Waals surface area contributed by atoms with Crippen LogP contribution >= 0.6 is 0 Å². The number of nitrogens with one attached hydrogen (secondary N) is 1. The zero-order chi connectivity index (χ0) is 17.8. The molecule has 134 valence electrons. The van der Waals surface area contributed by atoms with Crippen LogP contribution in [-0.2, 0) is 4.79 Å². The molecule has 1 fully saturated rings.